The van der Waals surface area contributed by atoms with Crippen LogP contribution in [0, 0.1) is 0 Å². The van der Waals surface area contributed by atoms with Gasteiger partial charge in [0.25, 0.3) is 11.8 Å². The van der Waals surface area contributed by atoms with Gasteiger partial charge in [0, 0.05) is 68.9 Å². The van der Waals surface area contributed by atoms with E-state index in [2.05, 4.69) is 20.3 Å². The molecule has 1 amide bonds. The highest BCUT2D eigenvalue weighted by Crippen LogP contribution is 2.33. The Morgan fingerprint density at radius 3 is 2.45 bits per heavy atom. The summed E-state index contributed by atoms with van der Waals surface area (Å²) in [7, 11) is 0. The van der Waals surface area contributed by atoms with Crippen molar-refractivity contribution in [3.63, 3.8) is 0 Å². The lowest BCUT2D eigenvalue weighted by atomic mass is 10.0. The van der Waals surface area contributed by atoms with Gasteiger partial charge in [0.15, 0.2) is 0 Å². The summed E-state index contributed by atoms with van der Waals surface area (Å²) < 4.78 is 66.6. The van der Waals surface area contributed by atoms with Gasteiger partial charge in [-0.1, -0.05) is 11.6 Å². The summed E-state index contributed by atoms with van der Waals surface area (Å²) in [5, 5.41) is 13.3. The zero-order valence-electron chi connectivity index (χ0n) is 21.1. The second-order valence-corrected chi connectivity index (χ2v) is 10.4. The molecule has 2 aliphatic rings. The number of fused-ring (bicyclic) bond motifs is 1. The van der Waals surface area contributed by atoms with Crippen LogP contribution < -0.4 is 10.2 Å². The first kappa shape index (κ1) is 28.4. The maximum atomic E-state index is 13.8. The molecule has 2 unspecified atom stereocenters. The lowest BCUT2D eigenvalue weighted by Gasteiger charge is -2.37. The fraction of sp³-hybridized carbons (Fsp3) is 0.462. The summed E-state index contributed by atoms with van der Waals surface area (Å²) in [4.78, 5) is 28.4. The number of β-amino-alcohol motifs (C(OH)–C–C–N with tert-alkyl or cyclic N) is 1. The molecule has 14 heteroatoms. The minimum absolute atomic E-state index is 0.0263. The number of hydrogen-bond acceptors (Lipinski definition) is 7. The molecule has 214 valence electrons. The number of rotatable bonds is 6. The fourth-order valence-corrected chi connectivity index (χ4v) is 5.33. The number of pyridine rings is 1. The smallest absolute Gasteiger partial charge is 0.391 e. The van der Waals surface area contributed by atoms with Gasteiger partial charge < -0.3 is 15.3 Å². The maximum absolute atomic E-state index is 13.8. The van der Waals surface area contributed by atoms with Crippen LogP contribution >= 0.6 is 11.6 Å². The van der Waals surface area contributed by atoms with Gasteiger partial charge in [-0.3, -0.25) is 9.69 Å². The molecular formula is C26H26ClF5N6O2. The number of aromatic nitrogens is 3. The molecule has 40 heavy (non-hydrogen) atoms. The Morgan fingerprint density at radius 1 is 1.12 bits per heavy atom. The fourth-order valence-electron chi connectivity index (χ4n) is 5.08. The van der Waals surface area contributed by atoms with E-state index in [4.69, 9.17) is 11.6 Å². The molecule has 0 spiro atoms. The number of carbonyl (C=O) groups is 1. The van der Waals surface area contributed by atoms with E-state index in [9.17, 15) is 31.9 Å². The number of benzene rings is 1. The van der Waals surface area contributed by atoms with Crippen molar-refractivity contribution >= 4 is 34.2 Å². The minimum atomic E-state index is -4.73. The third kappa shape index (κ3) is 6.11. The van der Waals surface area contributed by atoms with Gasteiger partial charge in [-0.2, -0.15) is 13.2 Å². The average Bonchev–Trinajstić information content (AvgIpc) is 3.35. The van der Waals surface area contributed by atoms with E-state index < -0.39 is 48.8 Å². The van der Waals surface area contributed by atoms with Crippen molar-refractivity contribution < 1.29 is 31.9 Å². The molecule has 0 saturated carbocycles. The summed E-state index contributed by atoms with van der Waals surface area (Å²) in [6.45, 7) is 0.945. The highest BCUT2D eigenvalue weighted by atomic mass is 35.5. The topological polar surface area (TPSA) is 94.5 Å². The van der Waals surface area contributed by atoms with Gasteiger partial charge in [-0.05, 0) is 30.7 Å². The highest BCUT2D eigenvalue weighted by molar-refractivity contribution is 6.35. The van der Waals surface area contributed by atoms with Crippen molar-refractivity contribution in [3.05, 3.63) is 58.6 Å². The molecule has 0 bridgehead atoms. The van der Waals surface area contributed by atoms with Gasteiger partial charge >= 0.3 is 6.18 Å². The molecule has 2 aromatic heterocycles. The second kappa shape index (κ2) is 11.0. The molecule has 2 aliphatic heterocycles. The van der Waals surface area contributed by atoms with Crippen LogP contribution in [0.4, 0.5) is 27.8 Å². The van der Waals surface area contributed by atoms with Crippen LogP contribution in [0.25, 0.3) is 10.9 Å². The highest BCUT2D eigenvalue weighted by Gasteiger charge is 2.38. The molecular weight excluding hydrogens is 559 g/mol. The Hall–Kier alpha value is -3.16. The number of hydrogen-bond donors (Lipinski definition) is 2. The molecule has 0 aliphatic carbocycles. The van der Waals surface area contributed by atoms with Crippen LogP contribution in [0.5, 0.6) is 0 Å². The summed E-state index contributed by atoms with van der Waals surface area (Å²) in [6, 6.07) is 5.94. The number of nitrogens with one attached hydrogen (secondary N) is 1. The van der Waals surface area contributed by atoms with Gasteiger partial charge in [0.2, 0.25) is 5.82 Å². The number of likely N-dealkylation sites (tertiary alicyclic amines) is 1. The number of aliphatic hydroxyl groups is 1. The number of amides is 1. The van der Waals surface area contributed by atoms with E-state index in [0.29, 0.717) is 36.2 Å². The SMILES string of the molecule is O=C(NCC(c1cnc(C(F)(F)F)nc1)N1CCC(F)(F)CC1)c1c(Cl)ccc2nc(N3CCC(O)C3)ccc12. The monoisotopic (exact) mass is 584 g/mol. The van der Waals surface area contributed by atoms with Crippen LogP contribution in [0.1, 0.15) is 47.1 Å². The molecule has 2 saturated heterocycles. The first-order chi connectivity index (χ1) is 18.9. The van der Waals surface area contributed by atoms with Crippen molar-refractivity contribution in [1.29, 1.82) is 0 Å². The lowest BCUT2D eigenvalue weighted by Crippen LogP contribution is -2.45. The van der Waals surface area contributed by atoms with Crippen LogP contribution in [-0.4, -0.2) is 75.6 Å². The molecule has 8 nitrogen and oxygen atoms in total. The van der Waals surface area contributed by atoms with Crippen LogP contribution in [0.3, 0.4) is 0 Å². The summed E-state index contributed by atoms with van der Waals surface area (Å²) in [6.07, 6.45) is -3.36. The predicted molar refractivity (Wildman–Crippen MR) is 137 cm³/mol. The van der Waals surface area contributed by atoms with Crippen LogP contribution in [0.2, 0.25) is 5.02 Å². The third-order valence-corrected chi connectivity index (χ3v) is 7.57. The molecule has 0 radical (unpaired) electrons. The van der Waals surface area contributed by atoms with E-state index in [0.717, 1.165) is 12.4 Å². The Balaban J connectivity index is 1.38. The quantitative estimate of drug-likeness (QED) is 0.413. The summed E-state index contributed by atoms with van der Waals surface area (Å²) in [5.74, 6) is -4.05. The number of alkyl halides is 5. The number of nitrogens with zero attached hydrogens (tertiary/aromatic N) is 5. The van der Waals surface area contributed by atoms with E-state index >= 15 is 0 Å². The summed E-state index contributed by atoms with van der Waals surface area (Å²) in [5.41, 5.74) is 0.924. The lowest BCUT2D eigenvalue weighted by molar-refractivity contribution is -0.145. The van der Waals surface area contributed by atoms with E-state index in [-0.39, 0.29) is 35.8 Å². The van der Waals surface area contributed by atoms with E-state index in [1.807, 2.05) is 4.90 Å². The zero-order chi connectivity index (χ0) is 28.7. The Labute approximate surface area is 231 Å². The minimum Gasteiger partial charge on any atom is -0.391 e. The second-order valence-electron chi connectivity index (χ2n) is 10.0. The van der Waals surface area contributed by atoms with Crippen molar-refractivity contribution in [1.82, 2.24) is 25.2 Å². The standard InChI is InChI=1S/C26H26ClF5N6O2/c27-18-2-3-19-17(1-4-21(36-19)38-8-5-16(39)14-38)22(18)23(40)33-13-20(37-9-6-25(28,29)7-10-37)15-11-34-24(35-12-15)26(30,31)32/h1-4,11-12,16,20,39H,5-10,13-14H2,(H,33,40). The van der Waals surface area contributed by atoms with Gasteiger partial charge in [0.05, 0.1) is 28.2 Å². The summed E-state index contributed by atoms with van der Waals surface area (Å²) >= 11 is 6.40. The number of anilines is 1. The number of carbonyl (C=O) groups excluding carboxylic acids is 1. The zero-order valence-corrected chi connectivity index (χ0v) is 21.9. The molecule has 5 rings (SSSR count). The predicted octanol–water partition coefficient (Wildman–Crippen LogP) is 4.47. The molecule has 1 aromatic carbocycles. The van der Waals surface area contributed by atoms with Gasteiger partial charge in [-0.25, -0.2) is 23.7 Å². The van der Waals surface area contributed by atoms with Crippen molar-refractivity contribution in [2.24, 2.45) is 0 Å². The van der Waals surface area contributed by atoms with E-state index in [1.165, 1.54) is 0 Å². The van der Waals surface area contributed by atoms with Crippen molar-refractivity contribution in [2.75, 3.05) is 37.6 Å². The van der Waals surface area contributed by atoms with E-state index in [1.54, 1.807) is 29.2 Å². The van der Waals surface area contributed by atoms with Gasteiger partial charge in [0.1, 0.15) is 5.82 Å². The Kier molecular flexibility index (Phi) is 7.81. The number of halogens is 6. The number of piperidine rings is 1. The van der Waals surface area contributed by atoms with Crippen molar-refractivity contribution in [3.8, 4) is 0 Å². The Bertz CT molecular complexity index is 1380. The average molecular weight is 585 g/mol. The van der Waals surface area contributed by atoms with Crippen molar-refractivity contribution in [2.45, 2.75) is 43.5 Å². The maximum Gasteiger partial charge on any atom is 0.451 e. The third-order valence-electron chi connectivity index (χ3n) is 7.26. The van der Waals surface area contributed by atoms with Crippen LogP contribution in [-0.2, 0) is 6.18 Å². The normalized spacial score (nSPS) is 20.6. The van der Waals surface area contributed by atoms with Gasteiger partial charge in [-0.15, -0.1) is 0 Å². The molecule has 2 fully saturated rings. The molecule has 2 N–H and O–H groups in total. The molecule has 4 heterocycles. The molecule has 2 atom stereocenters. The van der Waals surface area contributed by atoms with Crippen LogP contribution in [0.15, 0.2) is 36.7 Å². The largest absolute Gasteiger partial charge is 0.451 e. The Morgan fingerprint density at radius 2 is 1.82 bits per heavy atom. The number of aliphatic hydroxyl groups excluding tert-OH is 1. The first-order valence-electron chi connectivity index (χ1n) is 12.7. The molecule has 3 aromatic rings. The first-order valence-corrected chi connectivity index (χ1v) is 13.1.